The summed E-state index contributed by atoms with van der Waals surface area (Å²) in [5.74, 6) is -0.867. The third-order valence-corrected chi connectivity index (χ3v) is 13.4. The van der Waals surface area contributed by atoms with Gasteiger partial charge in [0.15, 0.2) is 0 Å². The van der Waals surface area contributed by atoms with Gasteiger partial charge in [0.2, 0.25) is 20.0 Å². The number of likely N-dealkylation sites (N-methyl/N-ethyl adjacent to an activating group) is 2. The van der Waals surface area contributed by atoms with Crippen LogP contribution in [0.3, 0.4) is 0 Å². The summed E-state index contributed by atoms with van der Waals surface area (Å²) in [5.41, 5.74) is 7.08. The van der Waals surface area contributed by atoms with Gasteiger partial charge in [-0.3, -0.25) is 0 Å². The highest BCUT2D eigenvalue weighted by Gasteiger charge is 2.30. The number of aromatic amines is 2. The molecule has 0 saturated carbocycles. The fourth-order valence-electron chi connectivity index (χ4n) is 6.93. The molecule has 4 aromatic rings. The lowest BCUT2D eigenvalue weighted by Gasteiger charge is -2.22. The van der Waals surface area contributed by atoms with Crippen molar-refractivity contribution in [3.63, 3.8) is 0 Å². The molecule has 2 amide bonds. The van der Waals surface area contributed by atoms with Crippen molar-refractivity contribution in [3.05, 3.63) is 70.0 Å². The van der Waals surface area contributed by atoms with E-state index in [9.17, 15) is 26.4 Å². The maximum atomic E-state index is 13.3. The molecule has 2 N–H and O–H groups in total. The molecule has 0 bridgehead atoms. The number of carbonyl (C=O) groups excluding carboxylic acids is 2. The Hall–Kier alpha value is -4.16. The van der Waals surface area contributed by atoms with E-state index in [-0.39, 0.29) is 30.6 Å². The fraction of sp³-hybridized carbons (Fsp3) is 0.550. The lowest BCUT2D eigenvalue weighted by atomic mass is 9.88. The SMILES string of the molecule is CCOC(=O)N(C)S(=O)(=O)Cc1ccc2[nH]c(C(CCCN(C)C)c3[nH]c4ccc(CS(=O)(=O)N(C)C(=O)OCC)cc4c3CCN(C)C)c(CCN(C)C)c2c1. The van der Waals surface area contributed by atoms with E-state index in [2.05, 4.69) is 38.8 Å². The number of aromatic nitrogens is 2. The standard InChI is InChI=1S/C40H61N7O8S2/c1-11-54-39(48)46(9)56(50,51)26-28-15-17-35-33(24-28)30(19-22-44(5)6)37(41-35)32(14-13-21-43(3)4)38-31(20-23-45(7)8)34-25-29(16-18-36(34)42-38)27-57(52,53)47(10)40(49)55-12-2/h15-18,24-25,32,41-42H,11-14,19-23,26-27H2,1-10H3. The number of H-pyrrole nitrogens is 2. The fourth-order valence-corrected chi connectivity index (χ4v) is 9.08. The van der Waals surface area contributed by atoms with Crippen LogP contribution in [0, 0.1) is 0 Å². The number of hydrogen-bond acceptors (Lipinski definition) is 11. The van der Waals surface area contributed by atoms with Crippen molar-refractivity contribution < 1.29 is 35.9 Å². The largest absolute Gasteiger partial charge is 0.449 e. The van der Waals surface area contributed by atoms with Crippen LogP contribution in [0.25, 0.3) is 21.8 Å². The summed E-state index contributed by atoms with van der Waals surface area (Å²) in [6.07, 6.45) is 1.21. The molecule has 0 aliphatic rings. The zero-order valence-corrected chi connectivity index (χ0v) is 36.8. The van der Waals surface area contributed by atoms with Gasteiger partial charge in [0.1, 0.15) is 0 Å². The van der Waals surface area contributed by atoms with Gasteiger partial charge < -0.3 is 34.1 Å². The Bertz CT molecular complexity index is 2080. The molecule has 0 aliphatic carbocycles. The van der Waals surface area contributed by atoms with Crippen LogP contribution in [0.4, 0.5) is 9.59 Å². The number of rotatable bonds is 20. The van der Waals surface area contributed by atoms with E-state index in [1.165, 1.54) is 14.1 Å². The highest BCUT2D eigenvalue weighted by Crippen LogP contribution is 2.40. The van der Waals surface area contributed by atoms with Crippen molar-refractivity contribution in [1.29, 1.82) is 0 Å². The first-order valence-corrected chi connectivity index (χ1v) is 22.5. The first-order chi connectivity index (χ1) is 26.8. The van der Waals surface area contributed by atoms with E-state index in [1.807, 2.05) is 52.5 Å². The number of sulfonamides is 2. The van der Waals surface area contributed by atoms with Crippen molar-refractivity contribution >= 4 is 54.0 Å². The smallest absolute Gasteiger partial charge is 0.423 e. The Morgan fingerprint density at radius 3 is 1.35 bits per heavy atom. The minimum atomic E-state index is -4.01. The van der Waals surface area contributed by atoms with E-state index in [0.717, 1.165) is 76.8 Å². The number of amides is 2. The van der Waals surface area contributed by atoms with E-state index in [4.69, 9.17) is 9.47 Å². The Morgan fingerprint density at radius 1 is 0.614 bits per heavy atom. The molecule has 0 atom stereocenters. The second kappa shape index (κ2) is 19.5. The van der Waals surface area contributed by atoms with Gasteiger partial charge in [0, 0.05) is 66.3 Å². The molecule has 57 heavy (non-hydrogen) atoms. The lowest BCUT2D eigenvalue weighted by molar-refractivity contribution is 0.135. The monoisotopic (exact) mass is 831 g/mol. The van der Waals surface area contributed by atoms with Gasteiger partial charge in [-0.1, -0.05) is 12.1 Å². The first-order valence-electron chi connectivity index (χ1n) is 19.3. The second-order valence-electron chi connectivity index (χ2n) is 15.2. The molecule has 2 heterocycles. The third-order valence-electron chi connectivity index (χ3n) is 10.0. The van der Waals surface area contributed by atoms with E-state index < -0.39 is 32.2 Å². The highest BCUT2D eigenvalue weighted by atomic mass is 32.2. The van der Waals surface area contributed by atoms with Crippen LogP contribution in [0.1, 0.15) is 66.2 Å². The maximum Gasteiger partial charge on any atom is 0.423 e. The van der Waals surface area contributed by atoms with Gasteiger partial charge in [0.05, 0.1) is 24.7 Å². The summed E-state index contributed by atoms with van der Waals surface area (Å²) in [4.78, 5) is 38.6. The molecule has 4 rings (SSSR count). The number of nitrogens with one attached hydrogen (secondary N) is 2. The minimum absolute atomic E-state index is 0.0623. The molecule has 0 spiro atoms. The number of carbonyl (C=O) groups is 2. The predicted octanol–water partition coefficient (Wildman–Crippen LogP) is 5.17. The van der Waals surface area contributed by atoms with Crippen molar-refractivity contribution in [2.75, 3.05) is 89.2 Å². The predicted molar refractivity (Wildman–Crippen MR) is 226 cm³/mol. The molecule has 316 valence electrons. The van der Waals surface area contributed by atoms with Crippen LogP contribution in [0.15, 0.2) is 36.4 Å². The average Bonchev–Trinajstić information content (AvgIpc) is 3.67. The molecule has 0 unspecified atom stereocenters. The van der Waals surface area contributed by atoms with Crippen LogP contribution in [-0.4, -0.2) is 152 Å². The Morgan fingerprint density at radius 2 is 1.00 bits per heavy atom. The molecule has 15 nitrogen and oxygen atoms in total. The van der Waals surface area contributed by atoms with Gasteiger partial charge in [-0.25, -0.2) is 35.0 Å². The average molecular weight is 832 g/mol. The number of ether oxygens (including phenoxy) is 2. The molecule has 0 radical (unpaired) electrons. The molecular weight excluding hydrogens is 771 g/mol. The molecule has 17 heteroatoms. The topological polar surface area (TPSA) is 169 Å². The number of nitrogens with zero attached hydrogens (tertiary/aromatic N) is 5. The highest BCUT2D eigenvalue weighted by molar-refractivity contribution is 7.89. The Balaban J connectivity index is 1.90. The van der Waals surface area contributed by atoms with Crippen LogP contribution in [0.5, 0.6) is 0 Å². The number of fused-ring (bicyclic) bond motifs is 2. The zero-order chi connectivity index (χ0) is 42.2. The van der Waals surface area contributed by atoms with Crippen LogP contribution < -0.4 is 0 Å². The van der Waals surface area contributed by atoms with Crippen molar-refractivity contribution in [3.8, 4) is 0 Å². The number of hydrogen-bond donors (Lipinski definition) is 2. The van der Waals surface area contributed by atoms with Gasteiger partial charge >= 0.3 is 12.2 Å². The Labute approximate surface area is 338 Å². The molecule has 0 saturated heterocycles. The van der Waals surface area contributed by atoms with Crippen molar-refractivity contribution in [2.24, 2.45) is 0 Å². The summed E-state index contributed by atoms with van der Waals surface area (Å²) < 4.78 is 64.4. The second-order valence-corrected chi connectivity index (χ2v) is 19.2. The van der Waals surface area contributed by atoms with E-state index >= 15 is 0 Å². The van der Waals surface area contributed by atoms with E-state index in [1.54, 1.807) is 26.0 Å². The van der Waals surface area contributed by atoms with Crippen molar-refractivity contribution in [1.82, 2.24) is 33.3 Å². The molecule has 2 aromatic heterocycles. The molecule has 0 aliphatic heterocycles. The molecular formula is C40H61N7O8S2. The van der Waals surface area contributed by atoms with Gasteiger partial charge in [-0.15, -0.1) is 0 Å². The number of benzene rings is 2. The first kappa shape index (κ1) is 45.5. The summed E-state index contributed by atoms with van der Waals surface area (Å²) in [6, 6.07) is 11.2. The van der Waals surface area contributed by atoms with Gasteiger partial charge in [0.25, 0.3) is 0 Å². The third kappa shape index (κ3) is 11.5. The zero-order valence-electron chi connectivity index (χ0n) is 35.1. The van der Waals surface area contributed by atoms with Crippen LogP contribution in [0.2, 0.25) is 0 Å². The minimum Gasteiger partial charge on any atom is -0.449 e. The summed E-state index contributed by atoms with van der Waals surface area (Å²) >= 11 is 0. The van der Waals surface area contributed by atoms with Crippen LogP contribution >= 0.6 is 0 Å². The quantitative estimate of drug-likeness (QED) is 0.121. The molecule has 0 fully saturated rings. The van der Waals surface area contributed by atoms with Crippen molar-refractivity contribution in [2.45, 2.75) is 57.0 Å². The van der Waals surface area contributed by atoms with Gasteiger partial charge in [-0.05, 0) is 135 Å². The molecule has 2 aromatic carbocycles. The van der Waals surface area contributed by atoms with E-state index in [0.29, 0.717) is 32.6 Å². The van der Waals surface area contributed by atoms with Crippen LogP contribution in [-0.2, 0) is 53.9 Å². The normalized spacial score (nSPS) is 12.5. The lowest BCUT2D eigenvalue weighted by Crippen LogP contribution is -2.34. The summed E-state index contributed by atoms with van der Waals surface area (Å²) in [5, 5.41) is 1.83. The Kier molecular flexibility index (Phi) is 15.6. The van der Waals surface area contributed by atoms with Gasteiger partial charge in [-0.2, -0.15) is 0 Å². The summed E-state index contributed by atoms with van der Waals surface area (Å²) in [7, 11) is 6.57. The summed E-state index contributed by atoms with van der Waals surface area (Å²) in [6.45, 7) is 5.73. The maximum absolute atomic E-state index is 13.3.